The number of anilines is 1. The lowest BCUT2D eigenvalue weighted by Crippen LogP contribution is -2.29. The second kappa shape index (κ2) is 7.47. The summed E-state index contributed by atoms with van der Waals surface area (Å²) >= 11 is 0. The van der Waals surface area contributed by atoms with Gasteiger partial charge in [0, 0.05) is 31.6 Å². The normalized spacial score (nSPS) is 11.2. The van der Waals surface area contributed by atoms with E-state index in [1.807, 2.05) is 32.0 Å². The Labute approximate surface area is 147 Å². The van der Waals surface area contributed by atoms with Gasteiger partial charge in [0.15, 0.2) is 5.78 Å². The topological polar surface area (TPSA) is 68.2 Å². The molecule has 5 nitrogen and oxygen atoms in total. The third-order valence-electron chi connectivity index (χ3n) is 4.12. The first kappa shape index (κ1) is 18.6. The van der Waals surface area contributed by atoms with Crippen LogP contribution in [0.5, 0.6) is 0 Å². The zero-order chi connectivity index (χ0) is 18.6. The predicted octanol–water partition coefficient (Wildman–Crippen LogP) is 3.32. The minimum absolute atomic E-state index is 0.00482. The minimum Gasteiger partial charge on any atom is -0.321 e. The van der Waals surface area contributed by atoms with Crippen molar-refractivity contribution in [3.63, 3.8) is 0 Å². The molecule has 1 aromatic heterocycles. The zero-order valence-corrected chi connectivity index (χ0v) is 15.1. The van der Waals surface area contributed by atoms with Gasteiger partial charge in [0.1, 0.15) is 5.69 Å². The summed E-state index contributed by atoms with van der Waals surface area (Å²) in [7, 11) is 1.64. The van der Waals surface area contributed by atoms with E-state index in [2.05, 4.69) is 5.32 Å². The summed E-state index contributed by atoms with van der Waals surface area (Å²) in [6.07, 6.45) is 2.08. The summed E-state index contributed by atoms with van der Waals surface area (Å²) in [5.74, 6) is -0.262. The molecule has 0 bridgehead atoms. The number of amides is 1. The van der Waals surface area contributed by atoms with Crippen LogP contribution in [0.3, 0.4) is 0 Å². The van der Waals surface area contributed by atoms with Crippen molar-refractivity contribution in [1.29, 1.82) is 0 Å². The first-order chi connectivity index (χ1) is 11.7. The number of aromatic nitrogens is 1. The number of ketones is 1. The first-order valence-electron chi connectivity index (χ1n) is 8.24. The van der Waals surface area contributed by atoms with Gasteiger partial charge in [-0.3, -0.25) is 14.4 Å². The molecular formula is C20H24N2O3. The maximum Gasteiger partial charge on any atom is 0.274 e. The van der Waals surface area contributed by atoms with Crippen molar-refractivity contribution >= 4 is 17.4 Å². The molecule has 1 N–H and O–H groups in total. The molecule has 0 radical (unpaired) electrons. The molecule has 25 heavy (non-hydrogen) atoms. The quantitative estimate of drug-likeness (QED) is 0.820. The second-order valence-electron chi connectivity index (χ2n) is 7.14. The van der Waals surface area contributed by atoms with Gasteiger partial charge in [-0.05, 0) is 24.0 Å². The van der Waals surface area contributed by atoms with Crippen molar-refractivity contribution in [2.24, 2.45) is 12.5 Å². The average Bonchev–Trinajstić information content (AvgIpc) is 2.55. The van der Waals surface area contributed by atoms with Gasteiger partial charge in [-0.25, -0.2) is 0 Å². The smallest absolute Gasteiger partial charge is 0.274 e. The molecule has 0 aliphatic heterocycles. The highest BCUT2D eigenvalue weighted by molar-refractivity contribution is 5.97. The predicted molar refractivity (Wildman–Crippen MR) is 98.8 cm³/mol. The average molecular weight is 340 g/mol. The van der Waals surface area contributed by atoms with Crippen molar-refractivity contribution in [1.82, 2.24) is 4.57 Å². The Kier molecular flexibility index (Phi) is 5.57. The SMILES string of the molecule is Cc1ccn(C)c(=O)c1NC(=O)CC(C)(C)CC(=O)c1ccccc1. The maximum absolute atomic E-state index is 12.4. The molecule has 0 fully saturated rings. The Hall–Kier alpha value is -2.69. The Morgan fingerprint density at radius 2 is 1.72 bits per heavy atom. The van der Waals surface area contributed by atoms with E-state index in [-0.39, 0.29) is 30.1 Å². The third kappa shape index (κ3) is 4.89. The highest BCUT2D eigenvalue weighted by Crippen LogP contribution is 2.27. The van der Waals surface area contributed by atoms with Crippen molar-refractivity contribution in [2.75, 3.05) is 5.32 Å². The molecule has 2 rings (SSSR count). The number of hydrogen-bond acceptors (Lipinski definition) is 3. The van der Waals surface area contributed by atoms with E-state index in [0.717, 1.165) is 5.56 Å². The van der Waals surface area contributed by atoms with Crippen LogP contribution >= 0.6 is 0 Å². The van der Waals surface area contributed by atoms with E-state index in [9.17, 15) is 14.4 Å². The molecule has 1 aromatic carbocycles. The van der Waals surface area contributed by atoms with Gasteiger partial charge in [0.2, 0.25) is 5.91 Å². The van der Waals surface area contributed by atoms with Crippen LogP contribution in [0.2, 0.25) is 0 Å². The molecule has 132 valence electrons. The Bertz CT molecular complexity index is 836. The van der Waals surface area contributed by atoms with Crippen LogP contribution in [-0.2, 0) is 11.8 Å². The Balaban J connectivity index is 2.05. The number of pyridine rings is 1. The molecule has 5 heteroatoms. The molecular weight excluding hydrogens is 316 g/mol. The summed E-state index contributed by atoms with van der Waals surface area (Å²) in [5.41, 5.74) is 0.898. The molecule has 1 heterocycles. The number of carbonyl (C=O) groups is 2. The number of rotatable bonds is 6. The van der Waals surface area contributed by atoms with Crippen molar-refractivity contribution in [3.8, 4) is 0 Å². The van der Waals surface area contributed by atoms with Crippen LogP contribution in [0.4, 0.5) is 5.69 Å². The standard InChI is InChI=1S/C20H24N2O3/c1-14-10-11-22(4)19(25)18(14)21-17(24)13-20(2,3)12-16(23)15-8-6-5-7-9-15/h5-11H,12-13H2,1-4H3,(H,21,24). The number of carbonyl (C=O) groups excluding carboxylic acids is 2. The van der Waals surface area contributed by atoms with Gasteiger partial charge >= 0.3 is 0 Å². The van der Waals surface area contributed by atoms with E-state index in [1.54, 1.807) is 38.4 Å². The van der Waals surface area contributed by atoms with Crippen LogP contribution in [0.1, 0.15) is 42.6 Å². The lowest BCUT2D eigenvalue weighted by molar-refractivity contribution is -0.118. The first-order valence-corrected chi connectivity index (χ1v) is 8.24. The number of Topliss-reactive ketones (excluding diaryl/α,β-unsaturated/α-hetero) is 1. The van der Waals surface area contributed by atoms with E-state index < -0.39 is 5.41 Å². The lowest BCUT2D eigenvalue weighted by atomic mass is 9.82. The molecule has 0 aliphatic carbocycles. The number of nitrogens with one attached hydrogen (secondary N) is 1. The lowest BCUT2D eigenvalue weighted by Gasteiger charge is -2.23. The Morgan fingerprint density at radius 1 is 1.08 bits per heavy atom. The fourth-order valence-electron chi connectivity index (χ4n) is 2.71. The van der Waals surface area contributed by atoms with Crippen molar-refractivity contribution in [2.45, 2.75) is 33.6 Å². The molecule has 0 saturated heterocycles. The second-order valence-corrected chi connectivity index (χ2v) is 7.14. The molecule has 0 saturated carbocycles. The summed E-state index contributed by atoms with van der Waals surface area (Å²) in [5, 5.41) is 2.70. The van der Waals surface area contributed by atoms with E-state index in [0.29, 0.717) is 11.3 Å². The number of hydrogen-bond donors (Lipinski definition) is 1. The van der Waals surface area contributed by atoms with Gasteiger partial charge in [-0.2, -0.15) is 0 Å². The van der Waals surface area contributed by atoms with Crippen LogP contribution in [0.25, 0.3) is 0 Å². The number of aryl methyl sites for hydroxylation is 2. The molecule has 2 aromatic rings. The largest absolute Gasteiger partial charge is 0.321 e. The third-order valence-corrected chi connectivity index (χ3v) is 4.12. The summed E-state index contributed by atoms with van der Waals surface area (Å²) in [6.45, 7) is 5.54. The van der Waals surface area contributed by atoms with Gasteiger partial charge in [-0.1, -0.05) is 44.2 Å². The van der Waals surface area contributed by atoms with Crippen LogP contribution < -0.4 is 10.9 Å². The maximum atomic E-state index is 12.4. The zero-order valence-electron chi connectivity index (χ0n) is 15.1. The van der Waals surface area contributed by atoms with Crippen molar-refractivity contribution < 1.29 is 9.59 Å². The Morgan fingerprint density at radius 3 is 2.36 bits per heavy atom. The fourth-order valence-corrected chi connectivity index (χ4v) is 2.71. The molecule has 0 aliphatic rings. The highest BCUT2D eigenvalue weighted by atomic mass is 16.2. The summed E-state index contributed by atoms with van der Waals surface area (Å²) in [6, 6.07) is 10.8. The molecule has 1 amide bonds. The van der Waals surface area contributed by atoms with Gasteiger partial charge in [0.25, 0.3) is 5.56 Å². The number of benzene rings is 1. The highest BCUT2D eigenvalue weighted by Gasteiger charge is 2.26. The van der Waals surface area contributed by atoms with E-state index >= 15 is 0 Å². The van der Waals surface area contributed by atoms with Crippen LogP contribution in [-0.4, -0.2) is 16.3 Å². The van der Waals surface area contributed by atoms with Crippen molar-refractivity contribution in [3.05, 3.63) is 64.1 Å². The number of nitrogens with zero attached hydrogens (tertiary/aromatic N) is 1. The van der Waals surface area contributed by atoms with Gasteiger partial charge < -0.3 is 9.88 Å². The molecule has 0 atom stereocenters. The molecule has 0 spiro atoms. The summed E-state index contributed by atoms with van der Waals surface area (Å²) < 4.78 is 1.42. The van der Waals surface area contributed by atoms with Crippen LogP contribution in [0.15, 0.2) is 47.4 Å². The van der Waals surface area contributed by atoms with E-state index in [1.165, 1.54) is 4.57 Å². The van der Waals surface area contributed by atoms with Gasteiger partial charge in [0.05, 0.1) is 0 Å². The summed E-state index contributed by atoms with van der Waals surface area (Å²) in [4.78, 5) is 36.9. The van der Waals surface area contributed by atoms with E-state index in [4.69, 9.17) is 0 Å². The monoisotopic (exact) mass is 340 g/mol. The van der Waals surface area contributed by atoms with Gasteiger partial charge in [-0.15, -0.1) is 0 Å². The molecule has 0 unspecified atom stereocenters. The minimum atomic E-state index is -0.509. The van der Waals surface area contributed by atoms with Crippen LogP contribution in [0, 0.1) is 12.3 Å². The fraction of sp³-hybridized carbons (Fsp3) is 0.350.